The topological polar surface area (TPSA) is 3.24 Å². The highest BCUT2D eigenvalue weighted by atomic mass is 28.3. The smallest absolute Gasteiger partial charge is 0.0784 e. The van der Waals surface area contributed by atoms with Gasteiger partial charge in [0.2, 0.25) is 0 Å². The highest BCUT2D eigenvalue weighted by molar-refractivity contribution is 6.90. The Hall–Kier alpha value is -5.18. The number of fused-ring (bicyclic) bond motifs is 4. The molecular weight excluding hydrogens is 559 g/mol. The van der Waals surface area contributed by atoms with Crippen LogP contribution in [0.3, 0.4) is 0 Å². The van der Waals surface area contributed by atoms with Crippen molar-refractivity contribution in [3.8, 4) is 11.1 Å². The van der Waals surface area contributed by atoms with E-state index in [-0.39, 0.29) is 0 Å². The largest absolute Gasteiger partial charge is 0.309 e. The first-order chi connectivity index (χ1) is 22.0. The lowest BCUT2D eigenvalue weighted by atomic mass is 9.87. The monoisotopic (exact) mass is 593 g/mol. The third-order valence-electron chi connectivity index (χ3n) is 9.15. The Morgan fingerprint density at radius 1 is 0.400 bits per heavy atom. The summed E-state index contributed by atoms with van der Waals surface area (Å²) in [6.45, 7) is 7.32. The number of benzene rings is 8. The summed E-state index contributed by atoms with van der Waals surface area (Å²) in [4.78, 5) is 2.51. The molecule has 0 saturated heterocycles. The molecule has 0 unspecified atom stereocenters. The molecule has 0 spiro atoms. The Labute approximate surface area is 266 Å². The summed E-state index contributed by atoms with van der Waals surface area (Å²) in [6.07, 6.45) is 0. The molecule has 0 N–H and O–H groups in total. The third kappa shape index (κ3) is 4.53. The zero-order valence-corrected chi connectivity index (χ0v) is 27.0. The summed E-state index contributed by atoms with van der Waals surface area (Å²) in [7, 11) is -1.59. The minimum absolute atomic E-state index is 1.15. The van der Waals surface area contributed by atoms with E-state index < -0.39 is 8.07 Å². The Morgan fingerprint density at radius 2 is 0.911 bits per heavy atom. The first-order valence-electron chi connectivity index (χ1n) is 15.8. The predicted octanol–water partition coefficient (Wildman–Crippen LogP) is 12.0. The summed E-state index contributed by atoms with van der Waals surface area (Å²) in [6, 6.07) is 58.0. The van der Waals surface area contributed by atoms with Crippen LogP contribution in [0.1, 0.15) is 0 Å². The van der Waals surface area contributed by atoms with Gasteiger partial charge in [-0.2, -0.15) is 0 Å². The molecule has 0 bridgehead atoms. The van der Waals surface area contributed by atoms with E-state index in [1.807, 2.05) is 0 Å². The summed E-state index contributed by atoms with van der Waals surface area (Å²) < 4.78 is 0. The van der Waals surface area contributed by atoms with Crippen molar-refractivity contribution in [2.24, 2.45) is 0 Å². The van der Waals surface area contributed by atoms with Crippen LogP contribution in [0.25, 0.3) is 54.2 Å². The normalized spacial score (nSPS) is 11.9. The van der Waals surface area contributed by atoms with Gasteiger partial charge in [-0.3, -0.25) is 0 Å². The second-order valence-corrected chi connectivity index (χ2v) is 18.0. The number of para-hydroxylation sites is 1. The molecule has 2 heteroatoms. The average molecular weight is 594 g/mol. The standard InChI is InChI=1S/C43H35NSi/c1-45(2,3)41-29-28-40(33-21-9-10-22-34(33)41)44(31-18-5-4-6-19-31)43-38-25-13-11-23-36(38)42(37-24-12-14-26-39(37)43)35-27-15-17-30-16-7-8-20-32(30)35/h4-29H,1-3H3. The van der Waals surface area contributed by atoms with Crippen LogP contribution in [0.5, 0.6) is 0 Å². The summed E-state index contributed by atoms with van der Waals surface area (Å²) in [5.41, 5.74) is 6.11. The molecule has 0 atom stereocenters. The molecule has 0 fully saturated rings. The maximum absolute atomic E-state index is 2.51. The van der Waals surface area contributed by atoms with Crippen molar-refractivity contribution < 1.29 is 0 Å². The Bertz CT molecular complexity index is 2300. The minimum Gasteiger partial charge on any atom is -0.309 e. The lowest BCUT2D eigenvalue weighted by molar-refractivity contribution is 1.33. The fourth-order valence-corrected chi connectivity index (χ4v) is 8.79. The van der Waals surface area contributed by atoms with Crippen LogP contribution >= 0.6 is 0 Å². The molecule has 1 nitrogen and oxygen atoms in total. The van der Waals surface area contributed by atoms with Crippen LogP contribution in [-0.4, -0.2) is 8.07 Å². The molecule has 8 rings (SSSR count). The SMILES string of the molecule is C[Si](C)(C)c1ccc(N(c2ccccc2)c2c3ccccc3c(-c3cccc4ccccc34)c3ccccc23)c2ccccc12. The predicted molar refractivity (Wildman–Crippen MR) is 200 cm³/mol. The van der Waals surface area contributed by atoms with E-state index in [2.05, 4.69) is 182 Å². The van der Waals surface area contributed by atoms with Crippen LogP contribution in [-0.2, 0) is 0 Å². The summed E-state index contributed by atoms with van der Waals surface area (Å²) in [5.74, 6) is 0. The second-order valence-electron chi connectivity index (χ2n) is 12.9. The van der Waals surface area contributed by atoms with Crippen LogP contribution in [0.15, 0.2) is 158 Å². The first kappa shape index (κ1) is 27.4. The lowest BCUT2D eigenvalue weighted by Crippen LogP contribution is -2.38. The van der Waals surface area contributed by atoms with E-state index in [0.29, 0.717) is 0 Å². The summed E-state index contributed by atoms with van der Waals surface area (Å²) >= 11 is 0. The van der Waals surface area contributed by atoms with Gasteiger partial charge in [-0.25, -0.2) is 0 Å². The molecule has 0 heterocycles. The molecule has 0 aliphatic heterocycles. The van der Waals surface area contributed by atoms with Crippen molar-refractivity contribution in [1.29, 1.82) is 0 Å². The minimum atomic E-state index is -1.59. The third-order valence-corrected chi connectivity index (χ3v) is 11.2. The molecule has 45 heavy (non-hydrogen) atoms. The summed E-state index contributed by atoms with van der Waals surface area (Å²) in [5, 5.41) is 11.7. The highest BCUT2D eigenvalue weighted by Gasteiger charge is 2.26. The number of hydrogen-bond acceptors (Lipinski definition) is 1. The Morgan fingerprint density at radius 3 is 1.56 bits per heavy atom. The quantitative estimate of drug-likeness (QED) is 0.142. The molecule has 0 aliphatic rings. The highest BCUT2D eigenvalue weighted by Crippen LogP contribution is 2.49. The average Bonchev–Trinajstić information content (AvgIpc) is 3.08. The van der Waals surface area contributed by atoms with Crippen molar-refractivity contribution in [1.82, 2.24) is 0 Å². The van der Waals surface area contributed by atoms with E-state index in [1.165, 1.54) is 70.8 Å². The zero-order valence-electron chi connectivity index (χ0n) is 26.0. The molecule has 216 valence electrons. The molecule has 0 aromatic heterocycles. The van der Waals surface area contributed by atoms with Crippen molar-refractivity contribution >= 4 is 73.4 Å². The van der Waals surface area contributed by atoms with Crippen molar-refractivity contribution in [2.45, 2.75) is 19.6 Å². The number of nitrogens with zero attached hydrogens (tertiary/aromatic N) is 1. The van der Waals surface area contributed by atoms with Crippen molar-refractivity contribution in [3.05, 3.63) is 158 Å². The molecule has 8 aromatic rings. The maximum atomic E-state index is 2.51. The van der Waals surface area contributed by atoms with Crippen LogP contribution in [0.2, 0.25) is 19.6 Å². The fraction of sp³-hybridized carbons (Fsp3) is 0.0698. The fourth-order valence-electron chi connectivity index (χ4n) is 7.18. The lowest BCUT2D eigenvalue weighted by Gasteiger charge is -2.31. The van der Waals surface area contributed by atoms with Crippen molar-refractivity contribution in [3.63, 3.8) is 0 Å². The van der Waals surface area contributed by atoms with Crippen LogP contribution < -0.4 is 10.1 Å². The van der Waals surface area contributed by atoms with E-state index in [1.54, 1.807) is 0 Å². The van der Waals surface area contributed by atoms with Gasteiger partial charge in [-0.1, -0.05) is 164 Å². The Kier molecular flexibility index (Phi) is 6.55. The van der Waals surface area contributed by atoms with Gasteiger partial charge in [0, 0.05) is 21.8 Å². The molecular formula is C43H35NSi. The van der Waals surface area contributed by atoms with Gasteiger partial charge in [0.25, 0.3) is 0 Å². The van der Waals surface area contributed by atoms with Gasteiger partial charge in [-0.05, 0) is 56.3 Å². The van der Waals surface area contributed by atoms with Gasteiger partial charge in [0.1, 0.15) is 0 Å². The van der Waals surface area contributed by atoms with Crippen LogP contribution in [0, 0.1) is 0 Å². The van der Waals surface area contributed by atoms with E-state index in [0.717, 1.165) is 5.69 Å². The number of hydrogen-bond donors (Lipinski definition) is 0. The van der Waals surface area contributed by atoms with Crippen molar-refractivity contribution in [2.75, 3.05) is 4.90 Å². The van der Waals surface area contributed by atoms with E-state index >= 15 is 0 Å². The molecule has 0 amide bonds. The van der Waals surface area contributed by atoms with E-state index in [4.69, 9.17) is 0 Å². The van der Waals surface area contributed by atoms with Gasteiger partial charge >= 0.3 is 0 Å². The van der Waals surface area contributed by atoms with Gasteiger partial charge < -0.3 is 4.90 Å². The van der Waals surface area contributed by atoms with Gasteiger partial charge in [0.15, 0.2) is 0 Å². The first-order valence-corrected chi connectivity index (χ1v) is 19.3. The second kappa shape index (κ2) is 10.8. The maximum Gasteiger partial charge on any atom is 0.0784 e. The Balaban J connectivity index is 1.53. The number of rotatable bonds is 5. The zero-order chi connectivity index (χ0) is 30.5. The molecule has 0 saturated carbocycles. The molecule has 8 aromatic carbocycles. The van der Waals surface area contributed by atoms with E-state index in [9.17, 15) is 0 Å². The van der Waals surface area contributed by atoms with Gasteiger partial charge in [0.05, 0.1) is 19.4 Å². The van der Waals surface area contributed by atoms with Gasteiger partial charge in [-0.15, -0.1) is 0 Å². The van der Waals surface area contributed by atoms with Crippen LogP contribution in [0.4, 0.5) is 17.1 Å². The molecule has 0 aliphatic carbocycles. The number of anilines is 3. The molecule has 0 radical (unpaired) electrons.